The van der Waals surface area contributed by atoms with Gasteiger partial charge >= 0.3 is 0 Å². The molecule has 4 nitrogen and oxygen atoms in total. The molecule has 1 aromatic heterocycles. The lowest BCUT2D eigenvalue weighted by Gasteiger charge is -2.08. The van der Waals surface area contributed by atoms with Crippen molar-refractivity contribution >= 4 is 16.9 Å². The van der Waals surface area contributed by atoms with Crippen LogP contribution in [0.15, 0.2) is 30.5 Å². The molecule has 0 radical (unpaired) electrons. The Hall–Kier alpha value is -1.81. The molecule has 0 amide bonds. The summed E-state index contributed by atoms with van der Waals surface area (Å²) in [4.78, 5) is 10.5. The van der Waals surface area contributed by atoms with E-state index in [4.69, 9.17) is 0 Å². The molecule has 0 bridgehead atoms. The summed E-state index contributed by atoms with van der Waals surface area (Å²) in [5.74, 6) is -1.04. The third-order valence-electron chi connectivity index (χ3n) is 2.94. The predicted molar refractivity (Wildman–Crippen MR) is 62.9 cm³/mol. The van der Waals surface area contributed by atoms with E-state index in [2.05, 4.69) is 22.4 Å². The van der Waals surface area contributed by atoms with Gasteiger partial charge in [-0.15, -0.1) is 0 Å². The van der Waals surface area contributed by atoms with Gasteiger partial charge in [-0.3, -0.25) is 0 Å². The van der Waals surface area contributed by atoms with Crippen LogP contribution in [0.3, 0.4) is 0 Å². The van der Waals surface area contributed by atoms with Crippen LogP contribution in [0.2, 0.25) is 0 Å². The number of carboxylic acids is 1. The van der Waals surface area contributed by atoms with Crippen molar-refractivity contribution in [3.8, 4) is 0 Å². The summed E-state index contributed by atoms with van der Waals surface area (Å²) >= 11 is 0. The highest BCUT2D eigenvalue weighted by Gasteiger charge is 2.12. The summed E-state index contributed by atoms with van der Waals surface area (Å²) in [6, 6.07) is 7.94. The Morgan fingerprint density at radius 3 is 2.88 bits per heavy atom. The Bertz CT molecular complexity index is 545. The lowest BCUT2D eigenvalue weighted by atomic mass is 10.0. The van der Waals surface area contributed by atoms with Gasteiger partial charge in [0.1, 0.15) is 0 Å². The van der Waals surface area contributed by atoms with Gasteiger partial charge in [-0.2, -0.15) is 0 Å². The maximum Gasteiger partial charge on any atom is 0.0938 e. The number of aromatic nitrogens is 1. The van der Waals surface area contributed by atoms with Crippen molar-refractivity contribution in [1.29, 1.82) is 0 Å². The number of hydrogen-bond donors (Lipinski definition) is 1. The van der Waals surface area contributed by atoms with Gasteiger partial charge in [0.15, 0.2) is 0 Å². The van der Waals surface area contributed by atoms with E-state index in [0.29, 0.717) is 6.42 Å². The molecule has 0 aliphatic rings. The molecule has 0 saturated heterocycles. The second-order valence-corrected chi connectivity index (χ2v) is 4.43. The van der Waals surface area contributed by atoms with E-state index in [1.165, 1.54) is 5.39 Å². The number of aliphatic carboxylic acids is 1. The highest BCUT2D eigenvalue weighted by molar-refractivity contribution is 5.84. The normalized spacial score (nSPS) is 12.8. The van der Waals surface area contributed by atoms with Crippen LogP contribution in [0.5, 0.6) is 0 Å². The van der Waals surface area contributed by atoms with Crippen LogP contribution in [0.4, 0.5) is 0 Å². The van der Waals surface area contributed by atoms with Crippen molar-refractivity contribution in [2.45, 2.75) is 18.9 Å². The van der Waals surface area contributed by atoms with Crippen LogP contribution in [0.25, 0.3) is 10.9 Å². The molecule has 0 unspecified atom stereocenters. The van der Waals surface area contributed by atoms with Gasteiger partial charge < -0.3 is 20.2 Å². The Kier molecular flexibility index (Phi) is 3.15. The molecule has 2 rings (SSSR count). The maximum absolute atomic E-state index is 10.5. The predicted octanol–water partition coefficient (Wildman–Crippen LogP) is -0.529. The number of carbonyl (C=O) groups is 1. The van der Waals surface area contributed by atoms with Crippen LogP contribution in [-0.2, 0) is 18.3 Å². The third kappa shape index (κ3) is 2.47. The molecule has 3 N–H and O–H groups in total. The number of hydrogen-bond acceptors (Lipinski definition) is 2. The first-order chi connectivity index (χ1) is 8.08. The number of nitrogens with zero attached hydrogens (tertiary/aromatic N) is 1. The minimum Gasteiger partial charge on any atom is -0.550 e. The molecule has 2 aromatic rings. The number of fused-ring (bicyclic) bond motifs is 1. The van der Waals surface area contributed by atoms with E-state index in [0.717, 1.165) is 11.1 Å². The lowest BCUT2D eigenvalue weighted by molar-refractivity contribution is -0.423. The fourth-order valence-electron chi connectivity index (χ4n) is 2.21. The van der Waals surface area contributed by atoms with Crippen LogP contribution >= 0.6 is 0 Å². The summed E-state index contributed by atoms with van der Waals surface area (Å²) in [5, 5.41) is 11.7. The van der Waals surface area contributed by atoms with Crippen molar-refractivity contribution in [2.75, 3.05) is 0 Å². The van der Waals surface area contributed by atoms with E-state index >= 15 is 0 Å². The number of para-hydroxylation sites is 1. The van der Waals surface area contributed by atoms with Gasteiger partial charge in [0, 0.05) is 43.0 Å². The van der Waals surface area contributed by atoms with E-state index in [9.17, 15) is 9.90 Å². The molecular weight excluding hydrogens is 216 g/mol. The smallest absolute Gasteiger partial charge is 0.0938 e. The molecule has 0 fully saturated rings. The Morgan fingerprint density at radius 1 is 1.47 bits per heavy atom. The highest BCUT2D eigenvalue weighted by atomic mass is 16.4. The second kappa shape index (κ2) is 4.59. The molecule has 1 atom stereocenters. The van der Waals surface area contributed by atoms with Crippen LogP contribution < -0.4 is 10.8 Å². The largest absolute Gasteiger partial charge is 0.550 e. The first-order valence-corrected chi connectivity index (χ1v) is 5.64. The van der Waals surface area contributed by atoms with E-state index in [1.807, 2.05) is 25.4 Å². The van der Waals surface area contributed by atoms with Gasteiger partial charge in [-0.1, -0.05) is 18.2 Å². The molecule has 1 aromatic carbocycles. The number of aryl methyl sites for hydroxylation is 1. The molecule has 90 valence electrons. The van der Waals surface area contributed by atoms with Crippen molar-refractivity contribution in [2.24, 2.45) is 7.05 Å². The van der Waals surface area contributed by atoms with Crippen molar-refractivity contribution in [3.05, 3.63) is 36.0 Å². The maximum atomic E-state index is 10.5. The number of carbonyl (C=O) groups excluding carboxylic acids is 1. The molecule has 0 saturated carbocycles. The van der Waals surface area contributed by atoms with Crippen LogP contribution in [-0.4, -0.2) is 16.6 Å². The zero-order valence-electron chi connectivity index (χ0n) is 9.85. The molecule has 1 heterocycles. The van der Waals surface area contributed by atoms with Crippen molar-refractivity contribution < 1.29 is 15.6 Å². The SMILES string of the molecule is Cn1cc(C[C@@H]([NH3+])CC(=O)[O-])c2ccccc21. The molecule has 0 spiro atoms. The van der Waals surface area contributed by atoms with Crippen LogP contribution in [0.1, 0.15) is 12.0 Å². The number of benzene rings is 1. The summed E-state index contributed by atoms with van der Waals surface area (Å²) in [6.07, 6.45) is 2.71. The zero-order chi connectivity index (χ0) is 12.4. The van der Waals surface area contributed by atoms with E-state index in [1.54, 1.807) is 0 Å². The molecule has 4 heteroatoms. The van der Waals surface area contributed by atoms with Gasteiger partial charge in [-0.05, 0) is 11.6 Å². The zero-order valence-corrected chi connectivity index (χ0v) is 9.85. The fourth-order valence-corrected chi connectivity index (χ4v) is 2.21. The Labute approximate surface area is 99.7 Å². The van der Waals surface area contributed by atoms with Gasteiger partial charge in [-0.25, -0.2) is 0 Å². The number of quaternary nitrogens is 1. The quantitative estimate of drug-likeness (QED) is 0.769. The van der Waals surface area contributed by atoms with Gasteiger partial charge in [0.2, 0.25) is 0 Å². The van der Waals surface area contributed by atoms with Crippen molar-refractivity contribution in [1.82, 2.24) is 4.57 Å². The molecular formula is C13H16N2O2. The average Bonchev–Trinajstić information content (AvgIpc) is 2.55. The second-order valence-electron chi connectivity index (χ2n) is 4.43. The van der Waals surface area contributed by atoms with E-state index in [-0.39, 0.29) is 12.5 Å². The number of rotatable bonds is 4. The lowest BCUT2D eigenvalue weighted by Crippen LogP contribution is -2.63. The monoisotopic (exact) mass is 232 g/mol. The van der Waals surface area contributed by atoms with E-state index < -0.39 is 5.97 Å². The summed E-state index contributed by atoms with van der Waals surface area (Å²) in [6.45, 7) is 0. The third-order valence-corrected chi connectivity index (χ3v) is 2.94. The summed E-state index contributed by atoms with van der Waals surface area (Å²) in [5.41, 5.74) is 6.16. The average molecular weight is 232 g/mol. The van der Waals surface area contributed by atoms with Crippen molar-refractivity contribution in [3.63, 3.8) is 0 Å². The fraction of sp³-hybridized carbons (Fsp3) is 0.308. The minimum atomic E-state index is -1.04. The summed E-state index contributed by atoms with van der Waals surface area (Å²) in [7, 11) is 1.99. The van der Waals surface area contributed by atoms with Gasteiger partial charge in [0.25, 0.3) is 0 Å². The van der Waals surface area contributed by atoms with Gasteiger partial charge in [0.05, 0.1) is 6.04 Å². The highest BCUT2D eigenvalue weighted by Crippen LogP contribution is 2.21. The number of carboxylic acid groups (broad SMARTS) is 1. The standard InChI is InChI=1S/C13H16N2O2/c1-15-8-9(6-10(14)7-13(16)17)11-4-2-3-5-12(11)15/h2-5,8,10H,6-7,14H2,1H3,(H,16,17)/t10-/m1/s1. The molecule has 0 aliphatic carbocycles. The Morgan fingerprint density at radius 2 is 2.18 bits per heavy atom. The topological polar surface area (TPSA) is 72.7 Å². The first-order valence-electron chi connectivity index (χ1n) is 5.64. The first kappa shape index (κ1) is 11.7. The summed E-state index contributed by atoms with van der Waals surface area (Å²) < 4.78 is 2.05. The van der Waals surface area contributed by atoms with Crippen LogP contribution in [0, 0.1) is 0 Å². The molecule has 0 aliphatic heterocycles. The Balaban J connectivity index is 2.27. The minimum absolute atomic E-state index is 0.00320. The molecule has 17 heavy (non-hydrogen) atoms.